The number of nitrogens with zero attached hydrogens (tertiary/aromatic N) is 3. The maximum absolute atomic E-state index is 13.5. The van der Waals surface area contributed by atoms with Crippen molar-refractivity contribution in [2.75, 3.05) is 10.8 Å². The third-order valence-corrected chi connectivity index (χ3v) is 7.60. The minimum Gasteiger partial charge on any atom is -0.489 e. The third-order valence-electron chi connectivity index (χ3n) is 5.54. The van der Waals surface area contributed by atoms with Crippen molar-refractivity contribution in [3.05, 3.63) is 129 Å². The van der Waals surface area contributed by atoms with Gasteiger partial charge in [-0.25, -0.2) is 13.8 Å². The first kappa shape index (κ1) is 28.3. The van der Waals surface area contributed by atoms with Crippen LogP contribution in [0.5, 0.6) is 5.75 Å². The molecule has 0 radical (unpaired) electrons. The lowest BCUT2D eigenvalue weighted by atomic mass is 10.2. The number of rotatable bonds is 11. The summed E-state index contributed by atoms with van der Waals surface area (Å²) in [4.78, 5) is 22.9. The van der Waals surface area contributed by atoms with Gasteiger partial charge in [-0.1, -0.05) is 54.1 Å². The van der Waals surface area contributed by atoms with Crippen LogP contribution in [0.3, 0.4) is 0 Å². The Morgan fingerprint density at radius 1 is 0.975 bits per heavy atom. The molecule has 0 aliphatic rings. The zero-order valence-corrected chi connectivity index (χ0v) is 22.5. The number of hydrogen-bond donors (Lipinski definition) is 1. The molecule has 0 aromatic heterocycles. The molecule has 4 aromatic carbocycles. The van der Waals surface area contributed by atoms with Gasteiger partial charge in [0.25, 0.3) is 21.6 Å². The van der Waals surface area contributed by atoms with E-state index in [9.17, 15) is 23.3 Å². The number of ether oxygens (including phenoxy) is 1. The fourth-order valence-electron chi connectivity index (χ4n) is 3.64. The number of nitro groups is 1. The Balaban J connectivity index is 1.43. The quantitative estimate of drug-likeness (QED) is 0.148. The molecule has 1 N–H and O–H groups in total. The Bertz CT molecular complexity index is 1630. The molecule has 0 heterocycles. The fraction of sp³-hybridized carbons (Fsp3) is 0.0714. The van der Waals surface area contributed by atoms with Crippen molar-refractivity contribution in [2.24, 2.45) is 5.10 Å². The van der Waals surface area contributed by atoms with Crippen LogP contribution in [0.25, 0.3) is 0 Å². The normalized spacial score (nSPS) is 11.2. The number of halogens is 1. The Morgan fingerprint density at radius 2 is 1.68 bits per heavy atom. The van der Waals surface area contributed by atoms with Crippen molar-refractivity contribution < 1.29 is 22.9 Å². The van der Waals surface area contributed by atoms with Crippen molar-refractivity contribution >= 4 is 45.1 Å². The van der Waals surface area contributed by atoms with E-state index in [2.05, 4.69) is 10.5 Å². The van der Waals surface area contributed by atoms with Gasteiger partial charge in [-0.05, 0) is 65.7 Å². The van der Waals surface area contributed by atoms with Crippen LogP contribution < -0.4 is 14.5 Å². The Hall–Kier alpha value is -4.74. The SMILES string of the molecule is O=C(CN(c1ccccc1)S(=O)(=O)c1ccccc1[N+](=O)[O-])N/N=C\c1ccc(OCc2cccc(Cl)c2)cc1. The molecule has 10 nitrogen and oxygen atoms in total. The van der Waals surface area contributed by atoms with Gasteiger partial charge in [0.2, 0.25) is 0 Å². The van der Waals surface area contributed by atoms with Gasteiger partial charge in [0.1, 0.15) is 18.9 Å². The second-order valence-electron chi connectivity index (χ2n) is 8.35. The van der Waals surface area contributed by atoms with Crippen LogP contribution in [-0.2, 0) is 21.4 Å². The number of carbonyl (C=O) groups is 1. The van der Waals surface area contributed by atoms with E-state index in [1.807, 2.05) is 18.2 Å². The summed E-state index contributed by atoms with van der Waals surface area (Å²) in [7, 11) is -4.48. The summed E-state index contributed by atoms with van der Waals surface area (Å²) in [6.07, 6.45) is 1.39. The Morgan fingerprint density at radius 3 is 2.38 bits per heavy atom. The second-order valence-corrected chi connectivity index (χ2v) is 10.6. The van der Waals surface area contributed by atoms with Gasteiger partial charge >= 0.3 is 0 Å². The van der Waals surface area contributed by atoms with Crippen LogP contribution in [0.1, 0.15) is 11.1 Å². The molecule has 4 rings (SSSR count). The molecular weight excluding hydrogens is 556 g/mol. The van der Waals surface area contributed by atoms with Crippen LogP contribution in [0.4, 0.5) is 11.4 Å². The zero-order valence-electron chi connectivity index (χ0n) is 20.9. The summed E-state index contributed by atoms with van der Waals surface area (Å²) in [6, 6.07) is 27.1. The summed E-state index contributed by atoms with van der Waals surface area (Å²) in [6.45, 7) is -0.316. The van der Waals surface area contributed by atoms with E-state index in [-0.39, 0.29) is 5.69 Å². The van der Waals surface area contributed by atoms with Crippen LogP contribution in [-0.4, -0.2) is 32.0 Å². The number of carbonyl (C=O) groups excluding carboxylic acids is 1. The summed E-state index contributed by atoms with van der Waals surface area (Å²) in [5.74, 6) is -0.122. The van der Waals surface area contributed by atoms with Crippen LogP contribution in [0, 0.1) is 10.1 Å². The summed E-state index contributed by atoms with van der Waals surface area (Å²) in [5.41, 5.74) is 3.45. The van der Waals surface area contributed by atoms with Crippen molar-refractivity contribution in [1.82, 2.24) is 5.43 Å². The first-order valence-electron chi connectivity index (χ1n) is 11.8. The number of hydrogen-bond acceptors (Lipinski definition) is 7. The lowest BCUT2D eigenvalue weighted by Crippen LogP contribution is -2.39. The molecule has 0 spiro atoms. The Kier molecular flexibility index (Phi) is 9.10. The number of amides is 1. The number of nitrogens with one attached hydrogen (secondary N) is 1. The average molecular weight is 579 g/mol. The molecule has 0 saturated carbocycles. The molecule has 0 atom stereocenters. The van der Waals surface area contributed by atoms with E-state index < -0.39 is 38.0 Å². The lowest BCUT2D eigenvalue weighted by molar-refractivity contribution is -0.387. The first-order valence-corrected chi connectivity index (χ1v) is 13.7. The number of nitro benzene ring substituents is 1. The van der Waals surface area contributed by atoms with Gasteiger partial charge < -0.3 is 4.74 Å². The van der Waals surface area contributed by atoms with Crippen molar-refractivity contribution in [3.63, 3.8) is 0 Å². The topological polar surface area (TPSA) is 131 Å². The van der Waals surface area contributed by atoms with E-state index in [0.29, 0.717) is 22.9 Å². The predicted molar refractivity (Wildman–Crippen MR) is 152 cm³/mol. The maximum atomic E-state index is 13.5. The Labute approximate surface area is 235 Å². The monoisotopic (exact) mass is 578 g/mol. The van der Waals surface area contributed by atoms with Gasteiger partial charge in [-0.15, -0.1) is 0 Å². The van der Waals surface area contributed by atoms with Crippen molar-refractivity contribution in [1.29, 1.82) is 0 Å². The number of hydrazone groups is 1. The molecule has 1 amide bonds. The highest BCUT2D eigenvalue weighted by molar-refractivity contribution is 7.93. The molecule has 4 aromatic rings. The first-order chi connectivity index (χ1) is 19.2. The molecule has 12 heteroatoms. The molecule has 0 saturated heterocycles. The zero-order chi connectivity index (χ0) is 28.5. The minimum atomic E-state index is -4.48. The second kappa shape index (κ2) is 12.9. The number of sulfonamides is 1. The highest BCUT2D eigenvalue weighted by Gasteiger charge is 2.33. The summed E-state index contributed by atoms with van der Waals surface area (Å²) in [5, 5.41) is 16.0. The van der Waals surface area contributed by atoms with Crippen molar-refractivity contribution in [3.8, 4) is 5.75 Å². The highest BCUT2D eigenvalue weighted by atomic mass is 35.5. The highest BCUT2D eigenvalue weighted by Crippen LogP contribution is 2.29. The molecule has 0 aliphatic carbocycles. The van der Waals surface area contributed by atoms with Gasteiger partial charge in [0.15, 0.2) is 4.90 Å². The van der Waals surface area contributed by atoms with Crippen LogP contribution >= 0.6 is 11.6 Å². The van der Waals surface area contributed by atoms with Crippen molar-refractivity contribution in [2.45, 2.75) is 11.5 Å². The van der Waals surface area contributed by atoms with E-state index >= 15 is 0 Å². The van der Waals surface area contributed by atoms with E-state index in [4.69, 9.17) is 16.3 Å². The van der Waals surface area contributed by atoms with Gasteiger partial charge in [0, 0.05) is 11.1 Å². The predicted octanol–water partition coefficient (Wildman–Crippen LogP) is 5.17. The minimum absolute atomic E-state index is 0.160. The standard InChI is InChI=1S/C28H23ClN4O6S/c29-23-8-6-7-22(17-23)20-39-25-15-13-21(14-16-25)18-30-31-28(34)19-32(24-9-2-1-3-10-24)40(37,38)27-12-5-4-11-26(27)33(35)36/h1-18H,19-20H2,(H,31,34)/b30-18-. The average Bonchev–Trinajstić information content (AvgIpc) is 2.96. The molecule has 204 valence electrons. The number of anilines is 1. The van der Waals surface area contributed by atoms with E-state index in [1.165, 1.54) is 30.5 Å². The molecule has 0 bridgehead atoms. The summed E-state index contributed by atoms with van der Waals surface area (Å²) < 4.78 is 33.5. The molecular formula is C28H23ClN4O6S. The third kappa shape index (κ3) is 7.22. The van der Waals surface area contributed by atoms with Gasteiger partial charge in [-0.3, -0.25) is 19.2 Å². The van der Waals surface area contributed by atoms with Crippen LogP contribution in [0.15, 0.2) is 113 Å². The van der Waals surface area contributed by atoms with E-state index in [0.717, 1.165) is 22.0 Å². The number of benzene rings is 4. The largest absolute Gasteiger partial charge is 0.489 e. The van der Waals surface area contributed by atoms with Gasteiger partial charge in [-0.2, -0.15) is 5.10 Å². The number of para-hydroxylation sites is 2. The smallest absolute Gasteiger partial charge is 0.289 e. The molecule has 40 heavy (non-hydrogen) atoms. The lowest BCUT2D eigenvalue weighted by Gasteiger charge is -2.23. The molecule has 0 unspecified atom stereocenters. The molecule has 0 aliphatic heterocycles. The van der Waals surface area contributed by atoms with Gasteiger partial charge in [0.05, 0.1) is 16.8 Å². The fourth-order valence-corrected chi connectivity index (χ4v) is 5.44. The molecule has 0 fully saturated rings. The maximum Gasteiger partial charge on any atom is 0.289 e. The van der Waals surface area contributed by atoms with E-state index in [1.54, 1.807) is 48.5 Å². The summed E-state index contributed by atoms with van der Waals surface area (Å²) >= 11 is 5.99. The van der Waals surface area contributed by atoms with Crippen LogP contribution in [0.2, 0.25) is 5.02 Å².